The van der Waals surface area contributed by atoms with Crippen molar-refractivity contribution in [1.82, 2.24) is 5.32 Å². The summed E-state index contributed by atoms with van der Waals surface area (Å²) in [6.45, 7) is 0.494. The van der Waals surface area contributed by atoms with E-state index in [0.717, 1.165) is 0 Å². The van der Waals surface area contributed by atoms with Crippen LogP contribution in [0.2, 0.25) is 10.0 Å². The fourth-order valence-corrected chi connectivity index (χ4v) is 2.51. The molecule has 2 aromatic rings. The van der Waals surface area contributed by atoms with Gasteiger partial charge >= 0.3 is 0 Å². The molecule has 0 aliphatic carbocycles. The molecule has 0 heterocycles. The first kappa shape index (κ1) is 16.7. The van der Waals surface area contributed by atoms with Gasteiger partial charge in [-0.25, -0.2) is 0 Å². The summed E-state index contributed by atoms with van der Waals surface area (Å²) < 4.78 is 0. The molecule has 0 atom stereocenters. The van der Waals surface area contributed by atoms with Crippen LogP contribution in [0.15, 0.2) is 36.4 Å². The van der Waals surface area contributed by atoms with Crippen LogP contribution in [0.25, 0.3) is 0 Å². The fourth-order valence-electron chi connectivity index (χ4n) is 1.84. The van der Waals surface area contributed by atoms with E-state index in [-0.39, 0.29) is 11.5 Å². The molecule has 2 aromatic carbocycles. The molecule has 4 N–H and O–H groups in total. The second kappa shape index (κ2) is 7.54. The number of hydrogen-bond donors (Lipinski definition) is 4. The summed E-state index contributed by atoms with van der Waals surface area (Å²) in [7, 11) is 0. The summed E-state index contributed by atoms with van der Waals surface area (Å²) in [6.07, 6.45) is 0.510. The van der Waals surface area contributed by atoms with E-state index in [1.807, 2.05) is 0 Å². The molecule has 2 rings (SSSR count). The normalized spacial score (nSPS) is 10.3. The van der Waals surface area contributed by atoms with E-state index in [9.17, 15) is 10.2 Å². The van der Waals surface area contributed by atoms with Crippen LogP contribution in [-0.2, 0) is 6.42 Å². The van der Waals surface area contributed by atoms with E-state index in [2.05, 4.69) is 10.6 Å². The van der Waals surface area contributed by atoms with Crippen molar-refractivity contribution in [3.05, 3.63) is 52.0 Å². The molecule has 116 valence electrons. The maximum Gasteiger partial charge on any atom is 0.170 e. The van der Waals surface area contributed by atoms with Gasteiger partial charge in [0.05, 0.1) is 10.7 Å². The number of benzene rings is 2. The molecular weight excluding hydrogens is 343 g/mol. The van der Waals surface area contributed by atoms with Crippen LogP contribution in [0.5, 0.6) is 11.5 Å². The lowest BCUT2D eigenvalue weighted by Crippen LogP contribution is -2.30. The zero-order valence-electron chi connectivity index (χ0n) is 11.4. The Morgan fingerprint density at radius 1 is 1.09 bits per heavy atom. The van der Waals surface area contributed by atoms with E-state index >= 15 is 0 Å². The molecule has 0 bridgehead atoms. The van der Waals surface area contributed by atoms with E-state index in [1.165, 1.54) is 18.2 Å². The van der Waals surface area contributed by atoms with Crippen LogP contribution in [0.1, 0.15) is 5.56 Å². The van der Waals surface area contributed by atoms with Crippen LogP contribution >= 0.6 is 35.4 Å². The zero-order valence-corrected chi connectivity index (χ0v) is 13.8. The highest BCUT2D eigenvalue weighted by Gasteiger charge is 2.05. The molecule has 0 radical (unpaired) electrons. The van der Waals surface area contributed by atoms with E-state index in [1.54, 1.807) is 18.2 Å². The Balaban J connectivity index is 1.86. The number of anilines is 1. The highest BCUT2D eigenvalue weighted by atomic mass is 35.5. The lowest BCUT2D eigenvalue weighted by Gasteiger charge is -2.12. The van der Waals surface area contributed by atoms with Gasteiger partial charge in [-0.05, 0) is 60.6 Å². The number of hydrogen-bond acceptors (Lipinski definition) is 3. The molecule has 0 saturated carbocycles. The van der Waals surface area contributed by atoms with Gasteiger partial charge in [-0.3, -0.25) is 0 Å². The van der Waals surface area contributed by atoms with Crippen LogP contribution in [0.3, 0.4) is 0 Å². The number of halogens is 2. The molecule has 0 amide bonds. The Bertz CT molecular complexity index is 695. The third-order valence-corrected chi connectivity index (χ3v) is 3.72. The number of rotatable bonds is 4. The molecule has 0 aliphatic rings. The first-order valence-electron chi connectivity index (χ1n) is 6.46. The molecule has 0 fully saturated rings. The summed E-state index contributed by atoms with van der Waals surface area (Å²) in [5.74, 6) is 0.251. The molecule has 0 aliphatic heterocycles. The Morgan fingerprint density at radius 3 is 2.59 bits per heavy atom. The summed E-state index contributed by atoms with van der Waals surface area (Å²) in [5, 5.41) is 26.5. The van der Waals surface area contributed by atoms with Gasteiger partial charge in [-0.2, -0.15) is 0 Å². The van der Waals surface area contributed by atoms with Crippen molar-refractivity contribution in [3.63, 3.8) is 0 Å². The third kappa shape index (κ3) is 4.66. The van der Waals surface area contributed by atoms with E-state index < -0.39 is 0 Å². The van der Waals surface area contributed by atoms with Crippen molar-refractivity contribution in [1.29, 1.82) is 0 Å². The van der Waals surface area contributed by atoms with Gasteiger partial charge < -0.3 is 20.8 Å². The van der Waals surface area contributed by atoms with Gasteiger partial charge in [-0.1, -0.05) is 23.2 Å². The average Bonchev–Trinajstić information content (AvgIpc) is 2.46. The van der Waals surface area contributed by atoms with Crippen molar-refractivity contribution in [2.24, 2.45) is 0 Å². The predicted octanol–water partition coefficient (Wildman–Crippen LogP) is 3.93. The van der Waals surface area contributed by atoms with Gasteiger partial charge in [-0.15, -0.1) is 0 Å². The topological polar surface area (TPSA) is 64.5 Å². The molecule has 4 nitrogen and oxygen atoms in total. The lowest BCUT2D eigenvalue weighted by molar-refractivity contribution is 0.454. The quantitative estimate of drug-likeness (QED) is 0.493. The molecule has 0 aromatic heterocycles. The SMILES string of the molecule is Oc1ccc(O)c(CCNC(=S)Nc2ccc(Cl)cc2Cl)c1. The second-order valence-corrected chi connectivity index (χ2v) is 5.82. The molecule has 0 saturated heterocycles. The molecular formula is C15H14Cl2N2O2S. The maximum atomic E-state index is 9.68. The van der Waals surface area contributed by atoms with Crippen molar-refractivity contribution in [2.75, 3.05) is 11.9 Å². The van der Waals surface area contributed by atoms with Crippen LogP contribution < -0.4 is 10.6 Å². The summed E-state index contributed by atoms with van der Waals surface area (Å²) in [6, 6.07) is 9.47. The Kier molecular flexibility index (Phi) is 5.71. The largest absolute Gasteiger partial charge is 0.508 e. The van der Waals surface area contributed by atoms with Gasteiger partial charge in [0.25, 0.3) is 0 Å². The minimum atomic E-state index is 0.112. The minimum absolute atomic E-state index is 0.112. The number of aromatic hydroxyl groups is 2. The fraction of sp³-hybridized carbons (Fsp3) is 0.133. The maximum absolute atomic E-state index is 9.68. The minimum Gasteiger partial charge on any atom is -0.508 e. The molecule has 22 heavy (non-hydrogen) atoms. The Morgan fingerprint density at radius 2 is 1.86 bits per heavy atom. The number of nitrogens with one attached hydrogen (secondary N) is 2. The standard InChI is InChI=1S/C15H14Cl2N2O2S/c16-10-1-3-13(12(17)8-10)19-15(22)18-6-5-9-7-11(20)2-4-14(9)21/h1-4,7-8,20-21H,5-6H2,(H2,18,19,22). The summed E-state index contributed by atoms with van der Waals surface area (Å²) in [5.41, 5.74) is 1.29. The van der Waals surface area contributed by atoms with Crippen molar-refractivity contribution in [3.8, 4) is 11.5 Å². The molecule has 0 unspecified atom stereocenters. The monoisotopic (exact) mass is 356 g/mol. The van der Waals surface area contributed by atoms with E-state index in [4.69, 9.17) is 35.4 Å². The first-order valence-corrected chi connectivity index (χ1v) is 7.63. The van der Waals surface area contributed by atoms with Crippen molar-refractivity contribution >= 4 is 46.2 Å². The third-order valence-electron chi connectivity index (χ3n) is 2.92. The van der Waals surface area contributed by atoms with Crippen molar-refractivity contribution in [2.45, 2.75) is 6.42 Å². The molecule has 0 spiro atoms. The first-order chi connectivity index (χ1) is 10.5. The smallest absolute Gasteiger partial charge is 0.170 e. The number of phenols is 2. The van der Waals surface area contributed by atoms with Crippen molar-refractivity contribution < 1.29 is 10.2 Å². The van der Waals surface area contributed by atoms with Crippen LogP contribution in [-0.4, -0.2) is 21.9 Å². The van der Waals surface area contributed by atoms with Gasteiger partial charge in [0.1, 0.15) is 11.5 Å². The average molecular weight is 357 g/mol. The zero-order chi connectivity index (χ0) is 16.1. The van der Waals surface area contributed by atoms with Gasteiger partial charge in [0.15, 0.2) is 5.11 Å². The Hall–Kier alpha value is -1.69. The predicted molar refractivity (Wildman–Crippen MR) is 94.2 cm³/mol. The van der Waals surface area contributed by atoms with Gasteiger partial charge in [0, 0.05) is 11.6 Å². The molecule has 7 heteroatoms. The van der Waals surface area contributed by atoms with E-state index in [0.29, 0.717) is 39.4 Å². The second-order valence-electron chi connectivity index (χ2n) is 4.57. The van der Waals surface area contributed by atoms with Crippen LogP contribution in [0.4, 0.5) is 5.69 Å². The summed E-state index contributed by atoms with van der Waals surface area (Å²) in [4.78, 5) is 0. The highest BCUT2D eigenvalue weighted by Crippen LogP contribution is 2.25. The summed E-state index contributed by atoms with van der Waals surface area (Å²) >= 11 is 17.1. The Labute approximate surface area is 143 Å². The number of thiocarbonyl (C=S) groups is 1. The highest BCUT2D eigenvalue weighted by molar-refractivity contribution is 7.80. The number of phenolic OH excluding ortho intramolecular Hbond substituents is 2. The van der Waals surface area contributed by atoms with Crippen LogP contribution in [0, 0.1) is 0 Å². The van der Waals surface area contributed by atoms with Gasteiger partial charge in [0.2, 0.25) is 0 Å². The lowest BCUT2D eigenvalue weighted by atomic mass is 10.1.